The van der Waals surface area contributed by atoms with Crippen LogP contribution in [0.3, 0.4) is 0 Å². The molecule has 0 aliphatic carbocycles. The number of esters is 1. The summed E-state index contributed by atoms with van der Waals surface area (Å²) in [4.78, 5) is 32.9. The molecule has 1 aromatic rings. The van der Waals surface area contributed by atoms with Crippen molar-refractivity contribution >= 4 is 23.3 Å². The van der Waals surface area contributed by atoms with Crippen LogP contribution < -0.4 is 4.90 Å². The first-order chi connectivity index (χ1) is 11.1. The number of aryl methyl sites for hydroxylation is 1. The van der Waals surface area contributed by atoms with Gasteiger partial charge in [0.2, 0.25) is 0 Å². The van der Waals surface area contributed by atoms with Gasteiger partial charge in [-0.2, -0.15) is 0 Å². The maximum Gasteiger partial charge on any atom is 0.354 e. The van der Waals surface area contributed by atoms with E-state index in [2.05, 4.69) is 11.9 Å². The Hall–Kier alpha value is -2.37. The summed E-state index contributed by atoms with van der Waals surface area (Å²) in [5.41, 5.74) is 3.04. The number of anilines is 1. The molecular weight excluding hydrogens is 294 g/mol. The highest BCUT2D eigenvalue weighted by Crippen LogP contribution is 2.31. The van der Waals surface area contributed by atoms with E-state index in [1.807, 2.05) is 23.1 Å². The van der Waals surface area contributed by atoms with E-state index in [1.165, 1.54) is 0 Å². The summed E-state index contributed by atoms with van der Waals surface area (Å²) in [6.07, 6.45) is 0.873. The molecule has 1 aromatic carbocycles. The maximum absolute atomic E-state index is 12.7. The molecule has 0 spiro atoms. The number of rotatable bonds is 3. The fourth-order valence-electron chi connectivity index (χ4n) is 3.11. The molecule has 0 bridgehead atoms. The largest absolute Gasteiger partial charge is 0.461 e. The highest BCUT2D eigenvalue weighted by Gasteiger charge is 2.40. The van der Waals surface area contributed by atoms with Crippen molar-refractivity contribution in [1.29, 1.82) is 0 Å². The molecule has 2 heterocycles. The van der Waals surface area contributed by atoms with Crippen LogP contribution in [-0.2, 0) is 16.0 Å². The first-order valence-electron chi connectivity index (χ1n) is 7.93. The average Bonchev–Trinajstić information content (AvgIpc) is 2.93. The zero-order valence-corrected chi connectivity index (χ0v) is 13.7. The summed E-state index contributed by atoms with van der Waals surface area (Å²) in [5, 5.41) is 0. The number of likely N-dealkylation sites (N-methyl/N-ethyl adjacent to an activating group) is 1. The summed E-state index contributed by atoms with van der Waals surface area (Å²) in [7, 11) is 1.76. The summed E-state index contributed by atoms with van der Waals surface area (Å²) >= 11 is 0. The summed E-state index contributed by atoms with van der Waals surface area (Å²) in [5.74, 6) is -0.414. The van der Waals surface area contributed by atoms with Crippen molar-refractivity contribution in [3.05, 3.63) is 29.3 Å². The highest BCUT2D eigenvalue weighted by molar-refractivity contribution is 6.40. The predicted octanol–water partition coefficient (Wildman–Crippen LogP) is 1.48. The molecule has 0 saturated carbocycles. The van der Waals surface area contributed by atoms with Gasteiger partial charge >= 0.3 is 5.97 Å². The first kappa shape index (κ1) is 15.5. The lowest BCUT2D eigenvalue weighted by Gasteiger charge is -2.26. The number of amides is 1. The Balaban J connectivity index is 2.01. The quantitative estimate of drug-likeness (QED) is 0.793. The van der Waals surface area contributed by atoms with E-state index in [0.717, 1.165) is 17.7 Å². The van der Waals surface area contributed by atoms with Gasteiger partial charge in [-0.05, 0) is 31.0 Å². The standard InChI is InChI=1S/C17H21N3O3/c1-4-11-6-7-13-12(8-11)16(21)19(3)9-14-15(17(22)23-5-2)18-10-20(13)14/h6-8,14H,4-5,9-10H2,1-3H3. The van der Waals surface area contributed by atoms with Crippen LogP contribution in [0.5, 0.6) is 0 Å². The van der Waals surface area contributed by atoms with Gasteiger partial charge in [0, 0.05) is 13.6 Å². The van der Waals surface area contributed by atoms with E-state index in [-0.39, 0.29) is 11.9 Å². The number of fused-ring (bicyclic) bond motifs is 3. The maximum atomic E-state index is 12.7. The Morgan fingerprint density at radius 1 is 1.39 bits per heavy atom. The Morgan fingerprint density at radius 3 is 2.87 bits per heavy atom. The second kappa shape index (κ2) is 6.02. The van der Waals surface area contributed by atoms with Crippen molar-refractivity contribution in [2.45, 2.75) is 26.3 Å². The van der Waals surface area contributed by atoms with Crippen molar-refractivity contribution in [3.8, 4) is 0 Å². The molecule has 0 aromatic heterocycles. The summed E-state index contributed by atoms with van der Waals surface area (Å²) in [6, 6.07) is 5.68. The van der Waals surface area contributed by atoms with Gasteiger partial charge in [0.15, 0.2) is 0 Å². The van der Waals surface area contributed by atoms with E-state index >= 15 is 0 Å². The van der Waals surface area contributed by atoms with Crippen LogP contribution in [-0.4, -0.2) is 55.4 Å². The van der Waals surface area contributed by atoms with Gasteiger partial charge in [-0.15, -0.1) is 0 Å². The van der Waals surface area contributed by atoms with Crippen molar-refractivity contribution in [3.63, 3.8) is 0 Å². The van der Waals surface area contributed by atoms with Crippen LogP contribution >= 0.6 is 0 Å². The molecule has 0 fully saturated rings. The first-order valence-corrected chi connectivity index (χ1v) is 7.93. The Bertz CT molecular complexity index is 684. The number of hydrogen-bond donors (Lipinski definition) is 0. The third-order valence-corrected chi connectivity index (χ3v) is 4.37. The zero-order valence-electron chi connectivity index (χ0n) is 13.7. The molecule has 6 nitrogen and oxygen atoms in total. The van der Waals surface area contributed by atoms with Crippen molar-refractivity contribution < 1.29 is 14.3 Å². The summed E-state index contributed by atoms with van der Waals surface area (Å²) < 4.78 is 5.10. The molecular formula is C17H21N3O3. The molecule has 1 atom stereocenters. The van der Waals surface area contributed by atoms with Gasteiger partial charge in [-0.25, -0.2) is 4.79 Å². The molecule has 6 heteroatoms. The SMILES string of the molecule is CCOC(=O)C1=NCN2c3ccc(CC)cc3C(=O)N(C)CC12. The Labute approximate surface area is 135 Å². The van der Waals surface area contributed by atoms with E-state index in [9.17, 15) is 9.59 Å². The molecule has 3 rings (SSSR count). The second-order valence-electron chi connectivity index (χ2n) is 5.78. The Morgan fingerprint density at radius 2 is 2.17 bits per heavy atom. The van der Waals surface area contributed by atoms with Crippen molar-refractivity contribution in [2.24, 2.45) is 4.99 Å². The predicted molar refractivity (Wildman–Crippen MR) is 88.0 cm³/mol. The average molecular weight is 315 g/mol. The van der Waals surface area contributed by atoms with E-state index < -0.39 is 5.97 Å². The second-order valence-corrected chi connectivity index (χ2v) is 5.78. The lowest BCUT2D eigenvalue weighted by molar-refractivity contribution is -0.135. The van der Waals surface area contributed by atoms with Crippen molar-refractivity contribution in [1.82, 2.24) is 4.90 Å². The van der Waals surface area contributed by atoms with E-state index in [0.29, 0.717) is 31.1 Å². The minimum absolute atomic E-state index is 0.0205. The number of carbonyl (C=O) groups excluding carboxylic acids is 2. The van der Waals surface area contributed by atoms with Gasteiger partial charge < -0.3 is 14.5 Å². The van der Waals surface area contributed by atoms with Gasteiger partial charge in [0.05, 0.1) is 23.9 Å². The molecule has 2 aliphatic rings. The third kappa shape index (κ3) is 2.58. The van der Waals surface area contributed by atoms with Crippen LogP contribution in [0.4, 0.5) is 5.69 Å². The highest BCUT2D eigenvalue weighted by atomic mass is 16.5. The lowest BCUT2D eigenvalue weighted by Crippen LogP contribution is -2.45. The minimum Gasteiger partial charge on any atom is -0.461 e. The fourth-order valence-corrected chi connectivity index (χ4v) is 3.11. The monoisotopic (exact) mass is 315 g/mol. The zero-order chi connectivity index (χ0) is 16.6. The van der Waals surface area contributed by atoms with Crippen molar-refractivity contribution in [2.75, 3.05) is 31.8 Å². The van der Waals surface area contributed by atoms with E-state index in [1.54, 1.807) is 18.9 Å². The fraction of sp³-hybridized carbons (Fsp3) is 0.471. The molecule has 0 N–H and O–H groups in total. The molecule has 0 radical (unpaired) electrons. The molecule has 122 valence electrons. The van der Waals surface area contributed by atoms with Crippen LogP contribution in [0.2, 0.25) is 0 Å². The van der Waals surface area contributed by atoms with Crippen LogP contribution in [0.15, 0.2) is 23.2 Å². The number of ether oxygens (including phenoxy) is 1. The molecule has 23 heavy (non-hydrogen) atoms. The molecule has 2 aliphatic heterocycles. The van der Waals surface area contributed by atoms with Gasteiger partial charge in [-0.3, -0.25) is 9.79 Å². The summed E-state index contributed by atoms with van der Waals surface area (Å²) in [6.45, 7) is 4.95. The number of aliphatic imine (C=N–C) groups is 1. The van der Waals surface area contributed by atoms with Gasteiger partial charge in [-0.1, -0.05) is 13.0 Å². The normalized spacial score (nSPS) is 19.9. The van der Waals surface area contributed by atoms with Crippen LogP contribution in [0, 0.1) is 0 Å². The minimum atomic E-state index is -0.394. The van der Waals surface area contributed by atoms with Gasteiger partial charge in [0.25, 0.3) is 5.91 Å². The molecule has 1 unspecified atom stereocenters. The van der Waals surface area contributed by atoms with Crippen LogP contribution in [0.1, 0.15) is 29.8 Å². The molecule has 1 amide bonds. The third-order valence-electron chi connectivity index (χ3n) is 4.37. The number of carbonyl (C=O) groups is 2. The number of benzene rings is 1. The van der Waals surface area contributed by atoms with E-state index in [4.69, 9.17) is 4.74 Å². The topological polar surface area (TPSA) is 62.2 Å². The lowest BCUT2D eigenvalue weighted by atomic mass is 10.0. The number of hydrogen-bond acceptors (Lipinski definition) is 5. The van der Waals surface area contributed by atoms with Gasteiger partial charge in [0.1, 0.15) is 12.4 Å². The smallest absolute Gasteiger partial charge is 0.354 e. The number of nitrogens with zero attached hydrogens (tertiary/aromatic N) is 3. The Kier molecular flexibility index (Phi) is 4.07. The molecule has 0 saturated heterocycles. The van der Waals surface area contributed by atoms with Crippen LogP contribution in [0.25, 0.3) is 0 Å².